The summed E-state index contributed by atoms with van der Waals surface area (Å²) in [5, 5.41) is 9.97. The molecule has 0 aliphatic carbocycles. The van der Waals surface area contributed by atoms with Crippen LogP contribution in [0.5, 0.6) is 5.75 Å². The summed E-state index contributed by atoms with van der Waals surface area (Å²) >= 11 is 0. The minimum atomic E-state index is -3.52. The van der Waals surface area contributed by atoms with Crippen molar-refractivity contribution < 1.29 is 18.1 Å². The van der Waals surface area contributed by atoms with Crippen molar-refractivity contribution >= 4 is 21.4 Å². The van der Waals surface area contributed by atoms with E-state index in [4.69, 9.17) is 4.74 Å². The maximum atomic E-state index is 11.7. The summed E-state index contributed by atoms with van der Waals surface area (Å²) in [7, 11) is -2.21. The van der Waals surface area contributed by atoms with Crippen LogP contribution in [0, 0.1) is 10.1 Å². The quantitative estimate of drug-likeness (QED) is 0.651. The van der Waals surface area contributed by atoms with Crippen LogP contribution in [-0.2, 0) is 10.0 Å². The molecule has 0 radical (unpaired) electrons. The Morgan fingerprint density at radius 2 is 2.00 bits per heavy atom. The van der Waals surface area contributed by atoms with E-state index < -0.39 is 20.2 Å². The number of anilines is 1. The molecule has 0 atom stereocenters. The molecule has 0 saturated heterocycles. The molecular formula is C10H14N2O5S. The van der Waals surface area contributed by atoms with Gasteiger partial charge in [-0.2, -0.15) is 0 Å². The number of nitro groups is 1. The molecule has 0 aliphatic rings. The van der Waals surface area contributed by atoms with E-state index in [0.717, 1.165) is 6.07 Å². The largest absolute Gasteiger partial charge is 0.494 e. The smallest absolute Gasteiger partial charge is 0.273 e. The van der Waals surface area contributed by atoms with Crippen LogP contribution in [0.4, 0.5) is 11.4 Å². The molecule has 0 fully saturated rings. The van der Waals surface area contributed by atoms with Crippen molar-refractivity contribution in [1.29, 1.82) is 0 Å². The minimum absolute atomic E-state index is 0.105. The molecule has 0 aliphatic heterocycles. The molecule has 0 spiro atoms. The molecule has 0 aromatic heterocycles. The predicted molar refractivity (Wildman–Crippen MR) is 67.3 cm³/mol. The molecule has 1 rings (SSSR count). The van der Waals surface area contributed by atoms with Gasteiger partial charge in [0.25, 0.3) is 5.69 Å². The van der Waals surface area contributed by atoms with Crippen LogP contribution >= 0.6 is 0 Å². The van der Waals surface area contributed by atoms with Crippen molar-refractivity contribution in [2.24, 2.45) is 0 Å². The molecule has 18 heavy (non-hydrogen) atoms. The molecule has 1 aromatic carbocycles. The number of nitrogens with one attached hydrogen (secondary N) is 1. The van der Waals surface area contributed by atoms with Crippen LogP contribution in [0.2, 0.25) is 0 Å². The first-order valence-corrected chi connectivity index (χ1v) is 6.66. The number of benzene rings is 1. The number of sulfonamides is 1. The molecule has 8 heteroatoms. The van der Waals surface area contributed by atoms with E-state index in [1.807, 2.05) is 0 Å². The molecule has 100 valence electrons. The number of ether oxygens (including phenoxy) is 1. The monoisotopic (exact) mass is 274 g/mol. The standard InChI is InChI=1S/C10H14N2O5S/c1-7(2)18(15,16)11-9-5-4-8(12(13)14)6-10(9)17-3/h4-7,11H,1-3H3. The summed E-state index contributed by atoms with van der Waals surface area (Å²) in [5.74, 6) is 0.105. The van der Waals surface area contributed by atoms with Gasteiger partial charge in [0.15, 0.2) is 0 Å². The Hall–Kier alpha value is -1.83. The van der Waals surface area contributed by atoms with E-state index in [-0.39, 0.29) is 17.1 Å². The fourth-order valence-corrected chi connectivity index (χ4v) is 1.86. The molecule has 1 N–H and O–H groups in total. The molecular weight excluding hydrogens is 260 g/mol. The van der Waals surface area contributed by atoms with Gasteiger partial charge in [-0.3, -0.25) is 14.8 Å². The van der Waals surface area contributed by atoms with Crippen LogP contribution in [0.3, 0.4) is 0 Å². The number of nitro benzene ring substituents is 1. The highest BCUT2D eigenvalue weighted by atomic mass is 32.2. The van der Waals surface area contributed by atoms with Gasteiger partial charge in [0.05, 0.1) is 29.0 Å². The summed E-state index contributed by atoms with van der Waals surface area (Å²) in [5.41, 5.74) is 0.0103. The molecule has 0 amide bonds. The van der Waals surface area contributed by atoms with Crippen LogP contribution in [-0.4, -0.2) is 25.7 Å². The average Bonchev–Trinajstić information content (AvgIpc) is 2.28. The first kappa shape index (κ1) is 14.2. The zero-order valence-electron chi connectivity index (χ0n) is 10.2. The molecule has 0 unspecified atom stereocenters. The third-order valence-electron chi connectivity index (χ3n) is 2.27. The number of non-ortho nitro benzene ring substituents is 1. The Morgan fingerprint density at radius 1 is 1.39 bits per heavy atom. The highest BCUT2D eigenvalue weighted by Crippen LogP contribution is 2.30. The molecule has 0 saturated carbocycles. The van der Waals surface area contributed by atoms with Gasteiger partial charge in [-0.15, -0.1) is 0 Å². The van der Waals surface area contributed by atoms with Crippen LogP contribution < -0.4 is 9.46 Å². The van der Waals surface area contributed by atoms with Gasteiger partial charge in [0, 0.05) is 6.07 Å². The zero-order valence-corrected chi connectivity index (χ0v) is 11.0. The van der Waals surface area contributed by atoms with E-state index >= 15 is 0 Å². The summed E-state index contributed by atoms with van der Waals surface area (Å²) in [6.45, 7) is 3.06. The molecule has 0 bridgehead atoms. The van der Waals surface area contributed by atoms with Gasteiger partial charge in [0.1, 0.15) is 5.75 Å². The fourth-order valence-electron chi connectivity index (χ4n) is 1.15. The lowest BCUT2D eigenvalue weighted by Crippen LogP contribution is -2.22. The third kappa shape index (κ3) is 3.10. The van der Waals surface area contributed by atoms with Gasteiger partial charge in [0.2, 0.25) is 10.0 Å². The van der Waals surface area contributed by atoms with Crippen molar-refractivity contribution in [2.75, 3.05) is 11.8 Å². The lowest BCUT2D eigenvalue weighted by molar-refractivity contribution is -0.384. The second-order valence-corrected chi connectivity index (χ2v) is 6.07. The Bertz CT molecular complexity index is 553. The first-order chi connectivity index (χ1) is 8.27. The van der Waals surface area contributed by atoms with Gasteiger partial charge in [-0.25, -0.2) is 8.42 Å². The highest BCUT2D eigenvalue weighted by Gasteiger charge is 2.19. The second kappa shape index (κ2) is 5.21. The zero-order chi connectivity index (χ0) is 13.9. The van der Waals surface area contributed by atoms with Crippen molar-refractivity contribution in [1.82, 2.24) is 0 Å². The van der Waals surface area contributed by atoms with Gasteiger partial charge >= 0.3 is 0 Å². The highest BCUT2D eigenvalue weighted by molar-refractivity contribution is 7.93. The predicted octanol–water partition coefficient (Wildman–Crippen LogP) is 1.75. The van der Waals surface area contributed by atoms with E-state index in [9.17, 15) is 18.5 Å². The topological polar surface area (TPSA) is 98.5 Å². The Labute approximate surface area is 105 Å². The minimum Gasteiger partial charge on any atom is -0.494 e. The van der Waals surface area contributed by atoms with E-state index in [0.29, 0.717) is 0 Å². The van der Waals surface area contributed by atoms with Gasteiger partial charge < -0.3 is 4.74 Å². The maximum Gasteiger partial charge on any atom is 0.273 e. The summed E-state index contributed by atoms with van der Waals surface area (Å²) in [4.78, 5) is 10.0. The van der Waals surface area contributed by atoms with Crippen LogP contribution in [0.25, 0.3) is 0 Å². The number of hydrogen-bond acceptors (Lipinski definition) is 5. The van der Waals surface area contributed by atoms with Crippen LogP contribution in [0.15, 0.2) is 18.2 Å². The number of hydrogen-bond donors (Lipinski definition) is 1. The Morgan fingerprint density at radius 3 is 2.44 bits per heavy atom. The third-order valence-corrected chi connectivity index (χ3v) is 4.01. The SMILES string of the molecule is COc1cc([N+](=O)[O-])ccc1NS(=O)(=O)C(C)C. The number of methoxy groups -OCH3 is 1. The molecule has 7 nitrogen and oxygen atoms in total. The first-order valence-electron chi connectivity index (χ1n) is 5.12. The van der Waals surface area contributed by atoms with Crippen molar-refractivity contribution in [3.05, 3.63) is 28.3 Å². The number of rotatable bonds is 5. The Balaban J connectivity index is 3.15. The normalized spacial score (nSPS) is 11.3. The lowest BCUT2D eigenvalue weighted by atomic mass is 10.2. The lowest BCUT2D eigenvalue weighted by Gasteiger charge is -2.13. The maximum absolute atomic E-state index is 11.7. The summed E-state index contributed by atoms with van der Waals surface area (Å²) in [6.07, 6.45) is 0. The Kier molecular flexibility index (Phi) is 4.12. The van der Waals surface area contributed by atoms with Crippen molar-refractivity contribution in [3.8, 4) is 5.75 Å². The van der Waals surface area contributed by atoms with E-state index in [2.05, 4.69) is 4.72 Å². The summed E-state index contributed by atoms with van der Waals surface area (Å²) in [6, 6.07) is 3.68. The van der Waals surface area contributed by atoms with E-state index in [1.54, 1.807) is 0 Å². The molecule has 1 aromatic rings. The van der Waals surface area contributed by atoms with Crippen molar-refractivity contribution in [3.63, 3.8) is 0 Å². The van der Waals surface area contributed by atoms with Crippen molar-refractivity contribution in [2.45, 2.75) is 19.1 Å². The van der Waals surface area contributed by atoms with Crippen LogP contribution in [0.1, 0.15) is 13.8 Å². The van der Waals surface area contributed by atoms with Gasteiger partial charge in [-0.1, -0.05) is 0 Å². The number of nitrogens with zero attached hydrogens (tertiary/aromatic N) is 1. The summed E-state index contributed by atoms with van der Waals surface area (Å²) < 4.78 is 30.6. The molecule has 0 heterocycles. The fraction of sp³-hybridized carbons (Fsp3) is 0.400. The average molecular weight is 274 g/mol. The second-order valence-electron chi connectivity index (χ2n) is 3.84. The van der Waals surface area contributed by atoms with E-state index in [1.165, 1.54) is 33.1 Å². The van der Waals surface area contributed by atoms with Gasteiger partial charge in [-0.05, 0) is 19.9 Å².